The van der Waals surface area contributed by atoms with E-state index in [1.54, 1.807) is 19.2 Å². The van der Waals surface area contributed by atoms with Gasteiger partial charge in [-0.05, 0) is 12.1 Å². The van der Waals surface area contributed by atoms with Crippen molar-refractivity contribution in [3.8, 4) is 5.75 Å². The number of rotatable bonds is 1. The molecule has 0 fully saturated rings. The first kappa shape index (κ1) is 7.98. The molecule has 0 radical (unpaired) electrons. The van der Waals surface area contributed by atoms with E-state index >= 15 is 0 Å². The van der Waals surface area contributed by atoms with Crippen LogP contribution in [0.4, 0.5) is 4.39 Å². The highest BCUT2D eigenvalue weighted by molar-refractivity contribution is 5.84. The minimum absolute atomic E-state index is 0.333. The smallest absolute Gasteiger partial charge is 0.145 e. The fourth-order valence-electron chi connectivity index (χ4n) is 1.27. The van der Waals surface area contributed by atoms with Crippen LogP contribution in [0.3, 0.4) is 0 Å². The maximum absolute atomic E-state index is 12.8. The van der Waals surface area contributed by atoms with Crippen LogP contribution in [0, 0.1) is 5.82 Å². The van der Waals surface area contributed by atoms with Gasteiger partial charge in [0.15, 0.2) is 0 Å². The molecule has 2 rings (SSSR count). The third kappa shape index (κ3) is 1.33. The molecule has 0 atom stereocenters. The highest BCUT2D eigenvalue weighted by Crippen LogP contribution is 2.22. The van der Waals surface area contributed by atoms with Gasteiger partial charge in [-0.2, -0.15) is 0 Å². The number of para-hydroxylation sites is 1. The van der Waals surface area contributed by atoms with Crippen molar-refractivity contribution in [3.05, 3.63) is 36.3 Å². The van der Waals surface area contributed by atoms with Crippen molar-refractivity contribution in [1.82, 2.24) is 4.98 Å². The van der Waals surface area contributed by atoms with Gasteiger partial charge in [0.2, 0.25) is 0 Å². The quantitative estimate of drug-likeness (QED) is 0.667. The van der Waals surface area contributed by atoms with E-state index in [-0.39, 0.29) is 5.82 Å². The van der Waals surface area contributed by atoms with Crippen molar-refractivity contribution >= 4 is 10.9 Å². The van der Waals surface area contributed by atoms with Crippen LogP contribution in [0.5, 0.6) is 5.75 Å². The fraction of sp³-hybridized carbons (Fsp3) is 0.100. The molecule has 0 amide bonds. The van der Waals surface area contributed by atoms with Crippen LogP contribution in [0.1, 0.15) is 0 Å². The van der Waals surface area contributed by atoms with E-state index < -0.39 is 0 Å². The van der Waals surface area contributed by atoms with Gasteiger partial charge < -0.3 is 4.74 Å². The number of hydrogen-bond acceptors (Lipinski definition) is 2. The molecule has 0 saturated carbocycles. The Morgan fingerprint density at radius 1 is 1.38 bits per heavy atom. The molecule has 66 valence electrons. The number of halogens is 1. The third-order valence-corrected chi connectivity index (χ3v) is 1.86. The molecule has 0 aliphatic carbocycles. The molecule has 1 aromatic carbocycles. The monoisotopic (exact) mass is 177 g/mol. The molecular formula is C10H8FNO. The summed E-state index contributed by atoms with van der Waals surface area (Å²) in [5, 5.41) is 0.749. The highest BCUT2D eigenvalue weighted by Gasteiger charge is 2.02. The zero-order valence-electron chi connectivity index (χ0n) is 7.12. The molecule has 0 N–H and O–H groups in total. The van der Waals surface area contributed by atoms with Crippen molar-refractivity contribution < 1.29 is 9.13 Å². The Hall–Kier alpha value is -1.64. The molecule has 0 saturated heterocycles. The Labute approximate surface area is 75.0 Å². The van der Waals surface area contributed by atoms with Gasteiger partial charge >= 0.3 is 0 Å². The summed E-state index contributed by atoms with van der Waals surface area (Å²) in [4.78, 5) is 3.95. The standard InChI is InChI=1S/C10H8FNO/c1-13-9-4-2-3-7-5-8(11)6-12-10(7)9/h2-6H,1H3. The first-order valence-corrected chi connectivity index (χ1v) is 3.89. The molecule has 0 spiro atoms. The lowest BCUT2D eigenvalue weighted by Gasteiger charge is -2.03. The summed E-state index contributed by atoms with van der Waals surface area (Å²) >= 11 is 0. The summed E-state index contributed by atoms with van der Waals surface area (Å²) in [5.74, 6) is 0.332. The molecule has 2 nitrogen and oxygen atoms in total. The average Bonchev–Trinajstić information content (AvgIpc) is 2.16. The van der Waals surface area contributed by atoms with Gasteiger partial charge in [0, 0.05) is 5.39 Å². The Kier molecular flexibility index (Phi) is 1.85. The zero-order valence-corrected chi connectivity index (χ0v) is 7.12. The summed E-state index contributed by atoms with van der Waals surface area (Å²) in [6.07, 6.45) is 1.19. The summed E-state index contributed by atoms with van der Waals surface area (Å²) in [7, 11) is 1.57. The van der Waals surface area contributed by atoms with Crippen LogP contribution in [0.15, 0.2) is 30.5 Å². The lowest BCUT2D eigenvalue weighted by molar-refractivity contribution is 0.419. The summed E-state index contributed by atoms with van der Waals surface area (Å²) in [5.41, 5.74) is 0.686. The van der Waals surface area contributed by atoms with E-state index in [4.69, 9.17) is 4.74 Å². The molecule has 13 heavy (non-hydrogen) atoms. The molecule has 0 aliphatic heterocycles. The van der Waals surface area contributed by atoms with E-state index in [0.717, 1.165) is 5.39 Å². The van der Waals surface area contributed by atoms with Crippen molar-refractivity contribution in [2.75, 3.05) is 7.11 Å². The number of aromatic nitrogens is 1. The summed E-state index contributed by atoms with van der Waals surface area (Å²) < 4.78 is 17.9. The molecular weight excluding hydrogens is 169 g/mol. The number of nitrogens with zero attached hydrogens (tertiary/aromatic N) is 1. The lowest BCUT2D eigenvalue weighted by Crippen LogP contribution is -1.87. The van der Waals surface area contributed by atoms with Gasteiger partial charge in [0.1, 0.15) is 17.1 Å². The number of ether oxygens (including phenoxy) is 1. The topological polar surface area (TPSA) is 22.1 Å². The maximum atomic E-state index is 12.8. The van der Waals surface area contributed by atoms with Crippen molar-refractivity contribution in [1.29, 1.82) is 0 Å². The van der Waals surface area contributed by atoms with Crippen LogP contribution >= 0.6 is 0 Å². The van der Waals surface area contributed by atoms with Crippen LogP contribution in [-0.4, -0.2) is 12.1 Å². The van der Waals surface area contributed by atoms with Crippen LogP contribution in [0.2, 0.25) is 0 Å². The molecule has 0 aliphatic rings. The van der Waals surface area contributed by atoms with Gasteiger partial charge in [-0.1, -0.05) is 12.1 Å². The Morgan fingerprint density at radius 2 is 2.23 bits per heavy atom. The van der Waals surface area contributed by atoms with Crippen LogP contribution in [-0.2, 0) is 0 Å². The average molecular weight is 177 g/mol. The van der Waals surface area contributed by atoms with Gasteiger partial charge in [0.25, 0.3) is 0 Å². The Morgan fingerprint density at radius 3 is 3.00 bits per heavy atom. The van der Waals surface area contributed by atoms with E-state index in [1.807, 2.05) is 6.07 Å². The fourth-order valence-corrected chi connectivity index (χ4v) is 1.27. The zero-order chi connectivity index (χ0) is 9.26. The van der Waals surface area contributed by atoms with Crippen LogP contribution < -0.4 is 4.74 Å². The molecule has 0 bridgehead atoms. The highest BCUT2D eigenvalue weighted by atomic mass is 19.1. The predicted octanol–water partition coefficient (Wildman–Crippen LogP) is 2.38. The minimum atomic E-state index is -0.333. The second-order valence-electron chi connectivity index (χ2n) is 2.69. The van der Waals surface area contributed by atoms with E-state index in [2.05, 4.69) is 4.98 Å². The van der Waals surface area contributed by atoms with E-state index in [9.17, 15) is 4.39 Å². The van der Waals surface area contributed by atoms with E-state index in [1.165, 1.54) is 12.3 Å². The van der Waals surface area contributed by atoms with Crippen molar-refractivity contribution in [2.24, 2.45) is 0 Å². The largest absolute Gasteiger partial charge is 0.494 e. The van der Waals surface area contributed by atoms with Gasteiger partial charge in [-0.3, -0.25) is 0 Å². The summed E-state index contributed by atoms with van der Waals surface area (Å²) in [6.45, 7) is 0. The number of hydrogen-bond donors (Lipinski definition) is 0. The number of pyridine rings is 1. The normalized spacial score (nSPS) is 10.3. The number of methoxy groups -OCH3 is 1. The molecule has 3 heteroatoms. The molecule has 1 heterocycles. The molecule has 1 aromatic heterocycles. The second-order valence-corrected chi connectivity index (χ2v) is 2.69. The number of fused-ring (bicyclic) bond motifs is 1. The first-order valence-electron chi connectivity index (χ1n) is 3.89. The third-order valence-electron chi connectivity index (χ3n) is 1.86. The Balaban J connectivity index is 2.77. The lowest BCUT2D eigenvalue weighted by atomic mass is 10.2. The molecule has 0 unspecified atom stereocenters. The first-order chi connectivity index (χ1) is 6.31. The van der Waals surface area contributed by atoms with Gasteiger partial charge in [-0.25, -0.2) is 9.37 Å². The van der Waals surface area contributed by atoms with E-state index in [0.29, 0.717) is 11.3 Å². The Bertz CT molecular complexity index is 442. The summed E-state index contributed by atoms with van der Waals surface area (Å²) in [6, 6.07) is 6.84. The minimum Gasteiger partial charge on any atom is -0.494 e. The van der Waals surface area contributed by atoms with Crippen molar-refractivity contribution in [2.45, 2.75) is 0 Å². The van der Waals surface area contributed by atoms with Crippen molar-refractivity contribution in [3.63, 3.8) is 0 Å². The SMILES string of the molecule is COc1cccc2cc(F)cnc12. The van der Waals surface area contributed by atoms with Gasteiger partial charge in [0.05, 0.1) is 13.3 Å². The predicted molar refractivity (Wildman–Crippen MR) is 48.3 cm³/mol. The molecule has 2 aromatic rings. The maximum Gasteiger partial charge on any atom is 0.145 e. The number of benzene rings is 1. The second kappa shape index (κ2) is 3.01. The van der Waals surface area contributed by atoms with Gasteiger partial charge in [-0.15, -0.1) is 0 Å². The van der Waals surface area contributed by atoms with Crippen LogP contribution in [0.25, 0.3) is 10.9 Å².